The molecule has 0 saturated carbocycles. The number of hydrogen-bond acceptors (Lipinski definition) is 5. The number of carbonyl (C=O) groups excluding carboxylic acids is 1. The zero-order chi connectivity index (χ0) is 19.8. The second-order valence-corrected chi connectivity index (χ2v) is 7.09. The molecule has 1 N–H and O–H groups in total. The van der Waals surface area contributed by atoms with Gasteiger partial charge in [0, 0.05) is 17.3 Å². The number of rotatable bonds is 9. The number of esters is 1. The molecule has 8 heteroatoms. The molecule has 6 nitrogen and oxygen atoms in total. The van der Waals surface area contributed by atoms with E-state index in [1.807, 2.05) is 0 Å². The average Bonchev–Trinajstić information content (AvgIpc) is 2.60. The van der Waals surface area contributed by atoms with Gasteiger partial charge in [-0.2, -0.15) is 0 Å². The van der Waals surface area contributed by atoms with E-state index in [1.54, 1.807) is 12.1 Å². The van der Waals surface area contributed by atoms with Crippen LogP contribution in [0.2, 0.25) is 10.0 Å². The molecule has 0 bridgehead atoms. The first-order valence-electron chi connectivity index (χ1n) is 8.43. The number of halogens is 2. The van der Waals surface area contributed by atoms with Crippen LogP contribution in [0.3, 0.4) is 0 Å². The van der Waals surface area contributed by atoms with Crippen LogP contribution in [0.15, 0.2) is 35.3 Å². The van der Waals surface area contributed by atoms with E-state index in [-0.39, 0.29) is 24.4 Å². The van der Waals surface area contributed by atoms with Crippen molar-refractivity contribution in [1.29, 1.82) is 0 Å². The first kappa shape index (κ1) is 21.1. The first-order valence-corrected chi connectivity index (χ1v) is 9.18. The van der Waals surface area contributed by atoms with Gasteiger partial charge >= 0.3 is 5.97 Å². The number of H-pyrrole nitrogens is 1. The number of nitrogens with one attached hydrogen (secondary N) is 1. The van der Waals surface area contributed by atoms with E-state index in [4.69, 9.17) is 37.4 Å². The topological polar surface area (TPSA) is 77.6 Å². The summed E-state index contributed by atoms with van der Waals surface area (Å²) in [5.74, 6) is 0.465. The van der Waals surface area contributed by atoms with Crippen LogP contribution in [-0.4, -0.2) is 24.2 Å². The lowest BCUT2D eigenvalue weighted by Crippen LogP contribution is -2.16. The molecule has 1 heterocycles. The van der Waals surface area contributed by atoms with Gasteiger partial charge in [-0.3, -0.25) is 4.79 Å². The van der Waals surface area contributed by atoms with E-state index in [9.17, 15) is 9.59 Å². The fraction of sp³-hybridized carbons (Fsp3) is 0.368. The van der Waals surface area contributed by atoms with Crippen molar-refractivity contribution in [3.63, 3.8) is 0 Å². The maximum atomic E-state index is 12.0. The smallest absolute Gasteiger partial charge is 0.344 e. The van der Waals surface area contributed by atoms with Crippen molar-refractivity contribution in [3.8, 4) is 11.5 Å². The summed E-state index contributed by atoms with van der Waals surface area (Å²) in [5.41, 5.74) is 0.182. The molecule has 27 heavy (non-hydrogen) atoms. The van der Waals surface area contributed by atoms with Gasteiger partial charge in [0.05, 0.1) is 17.3 Å². The Morgan fingerprint density at radius 3 is 2.59 bits per heavy atom. The van der Waals surface area contributed by atoms with Gasteiger partial charge in [0.1, 0.15) is 12.4 Å². The molecule has 0 radical (unpaired) electrons. The summed E-state index contributed by atoms with van der Waals surface area (Å²) in [6, 6.07) is 6.02. The summed E-state index contributed by atoms with van der Waals surface area (Å²) in [5, 5.41) is 0.767. The largest absolute Gasteiger partial charge is 0.488 e. The van der Waals surface area contributed by atoms with Gasteiger partial charge in [-0.05, 0) is 30.5 Å². The lowest BCUT2D eigenvalue weighted by Gasteiger charge is -2.10. The summed E-state index contributed by atoms with van der Waals surface area (Å²) in [6.45, 7) is 4.23. The molecule has 0 aliphatic carbocycles. The van der Waals surface area contributed by atoms with Crippen molar-refractivity contribution in [1.82, 2.24) is 4.98 Å². The van der Waals surface area contributed by atoms with Gasteiger partial charge in [-0.15, -0.1) is 0 Å². The van der Waals surface area contributed by atoms with Crippen molar-refractivity contribution in [2.75, 3.05) is 13.2 Å². The zero-order valence-corrected chi connectivity index (χ0v) is 16.6. The number of aromatic nitrogens is 1. The minimum atomic E-state index is -0.598. The lowest BCUT2D eigenvalue weighted by molar-refractivity contribution is -0.147. The Hall–Kier alpha value is -2.18. The molecular weight excluding hydrogens is 393 g/mol. The first-order chi connectivity index (χ1) is 12.8. The molecule has 1 aromatic carbocycles. The molecule has 0 amide bonds. The highest BCUT2D eigenvalue weighted by Crippen LogP contribution is 2.27. The third-order valence-corrected chi connectivity index (χ3v) is 4.05. The molecule has 1 aromatic heterocycles. The van der Waals surface area contributed by atoms with E-state index in [0.717, 1.165) is 6.42 Å². The number of carbonyl (C=O) groups is 1. The van der Waals surface area contributed by atoms with Gasteiger partial charge < -0.3 is 19.2 Å². The second kappa shape index (κ2) is 10.2. The van der Waals surface area contributed by atoms with E-state index in [0.29, 0.717) is 34.0 Å². The fourth-order valence-corrected chi connectivity index (χ4v) is 2.49. The number of hydrogen-bond donors (Lipinski definition) is 1. The van der Waals surface area contributed by atoms with Gasteiger partial charge in [-0.1, -0.05) is 37.0 Å². The summed E-state index contributed by atoms with van der Waals surface area (Å²) >= 11 is 11.8. The van der Waals surface area contributed by atoms with Crippen molar-refractivity contribution in [2.45, 2.75) is 26.9 Å². The van der Waals surface area contributed by atoms with E-state index >= 15 is 0 Å². The Morgan fingerprint density at radius 1 is 1.15 bits per heavy atom. The minimum Gasteiger partial charge on any atom is -0.488 e. The highest BCUT2D eigenvalue weighted by molar-refractivity contribution is 6.35. The monoisotopic (exact) mass is 413 g/mol. The van der Waals surface area contributed by atoms with Crippen LogP contribution < -0.4 is 14.9 Å². The van der Waals surface area contributed by atoms with E-state index in [2.05, 4.69) is 18.8 Å². The number of ether oxygens (including phenoxy) is 3. The van der Waals surface area contributed by atoms with Crippen molar-refractivity contribution in [2.24, 2.45) is 5.92 Å². The molecule has 0 fully saturated rings. The Kier molecular flexibility index (Phi) is 8.00. The minimum absolute atomic E-state index is 0.0853. The summed E-state index contributed by atoms with van der Waals surface area (Å²) in [7, 11) is 0. The summed E-state index contributed by atoms with van der Waals surface area (Å²) in [6.07, 6.45) is 2.33. The Bertz CT molecular complexity index is 835. The Balaban J connectivity index is 1.80. The molecule has 2 aromatic rings. The van der Waals surface area contributed by atoms with Crippen molar-refractivity contribution >= 4 is 29.2 Å². The van der Waals surface area contributed by atoms with Crippen LogP contribution in [0.1, 0.15) is 26.0 Å². The molecular formula is C19H21Cl2NO5. The van der Waals surface area contributed by atoms with Crippen LogP contribution >= 0.6 is 23.2 Å². The van der Waals surface area contributed by atoms with Crippen LogP contribution in [0.25, 0.3) is 0 Å². The van der Waals surface area contributed by atoms with Gasteiger partial charge in [0.2, 0.25) is 5.43 Å². The predicted molar refractivity (Wildman–Crippen MR) is 104 cm³/mol. The summed E-state index contributed by atoms with van der Waals surface area (Å²) in [4.78, 5) is 26.7. The van der Waals surface area contributed by atoms with Crippen LogP contribution in [0.5, 0.6) is 11.5 Å². The zero-order valence-electron chi connectivity index (χ0n) is 15.1. The number of benzene rings is 1. The molecule has 0 aliphatic rings. The third kappa shape index (κ3) is 7.15. The van der Waals surface area contributed by atoms with E-state index in [1.165, 1.54) is 18.3 Å². The molecule has 2 rings (SSSR count). The maximum absolute atomic E-state index is 12.0. The maximum Gasteiger partial charge on any atom is 0.344 e. The summed E-state index contributed by atoms with van der Waals surface area (Å²) < 4.78 is 15.8. The van der Waals surface area contributed by atoms with Crippen molar-refractivity contribution in [3.05, 3.63) is 56.4 Å². The highest BCUT2D eigenvalue weighted by atomic mass is 35.5. The second-order valence-electron chi connectivity index (χ2n) is 6.24. The normalized spacial score (nSPS) is 10.7. The number of aromatic amines is 1. The Morgan fingerprint density at radius 2 is 1.93 bits per heavy atom. The quantitative estimate of drug-likeness (QED) is 0.622. The average molecular weight is 414 g/mol. The van der Waals surface area contributed by atoms with Gasteiger partial charge in [-0.25, -0.2) is 4.79 Å². The third-order valence-electron chi connectivity index (χ3n) is 3.52. The molecule has 0 atom stereocenters. The molecule has 0 spiro atoms. The van der Waals surface area contributed by atoms with Crippen molar-refractivity contribution < 1.29 is 19.0 Å². The predicted octanol–water partition coefficient (Wildman–Crippen LogP) is 4.23. The molecule has 146 valence electrons. The number of pyridine rings is 1. The fourth-order valence-electron chi connectivity index (χ4n) is 2.03. The standard InChI is InChI=1S/C19H21Cl2NO5/c1-12(2)5-6-25-18-9-22-14(8-16(18)23)10-27-19(24)11-26-17-4-3-13(20)7-15(17)21/h3-4,7-9,12H,5-6,10-11H2,1-2H3,(H,22,23). The van der Waals surface area contributed by atoms with Gasteiger partial charge in [0.25, 0.3) is 0 Å². The Labute approximate surface area is 167 Å². The van der Waals surface area contributed by atoms with Gasteiger partial charge in [0.15, 0.2) is 12.4 Å². The van der Waals surface area contributed by atoms with Crippen LogP contribution in [0, 0.1) is 5.92 Å². The van der Waals surface area contributed by atoms with Crippen LogP contribution in [0.4, 0.5) is 0 Å². The van der Waals surface area contributed by atoms with E-state index < -0.39 is 5.97 Å². The lowest BCUT2D eigenvalue weighted by atomic mass is 10.1. The molecule has 0 saturated heterocycles. The molecule has 0 aliphatic heterocycles. The molecule has 0 unspecified atom stereocenters. The van der Waals surface area contributed by atoms with Crippen LogP contribution in [-0.2, 0) is 16.1 Å². The SMILES string of the molecule is CC(C)CCOc1c[nH]c(COC(=O)COc2ccc(Cl)cc2Cl)cc1=O. The highest BCUT2D eigenvalue weighted by Gasteiger charge is 2.09.